The van der Waals surface area contributed by atoms with E-state index >= 15 is 0 Å². The molecule has 0 saturated carbocycles. The molecular formula is C26H25NO. The monoisotopic (exact) mass is 367 g/mol. The Balaban J connectivity index is 1.88. The molecule has 2 nitrogen and oxygen atoms in total. The fourth-order valence-electron chi connectivity index (χ4n) is 3.70. The lowest BCUT2D eigenvalue weighted by Crippen LogP contribution is -2.10. The van der Waals surface area contributed by atoms with E-state index in [1.54, 1.807) is 6.92 Å². The number of hydrogen-bond donors (Lipinski definition) is 1. The molecule has 0 aliphatic heterocycles. The van der Waals surface area contributed by atoms with E-state index in [1.165, 1.54) is 11.1 Å². The molecule has 1 aromatic heterocycles. The summed E-state index contributed by atoms with van der Waals surface area (Å²) in [5.74, 6) is 0.0473. The lowest BCUT2D eigenvalue weighted by molar-refractivity contribution is 0.101. The fourth-order valence-corrected chi connectivity index (χ4v) is 3.70. The number of carbonyl (C=O) groups excluding carboxylic acids is 1. The van der Waals surface area contributed by atoms with E-state index in [4.69, 9.17) is 0 Å². The van der Waals surface area contributed by atoms with Crippen molar-refractivity contribution in [2.75, 3.05) is 0 Å². The second-order valence-corrected chi connectivity index (χ2v) is 8.38. The molecule has 0 fully saturated rings. The van der Waals surface area contributed by atoms with Crippen LogP contribution in [-0.4, -0.2) is 10.8 Å². The van der Waals surface area contributed by atoms with Gasteiger partial charge in [0.2, 0.25) is 0 Å². The minimum atomic E-state index is 0.0473. The lowest BCUT2D eigenvalue weighted by Gasteiger charge is -2.19. The molecule has 0 spiro atoms. The van der Waals surface area contributed by atoms with Crippen molar-refractivity contribution in [2.24, 2.45) is 0 Å². The first-order chi connectivity index (χ1) is 13.3. The second kappa shape index (κ2) is 6.79. The van der Waals surface area contributed by atoms with Crippen LogP contribution in [0.5, 0.6) is 0 Å². The molecule has 4 aromatic rings. The number of nitrogens with one attached hydrogen (secondary N) is 1. The molecule has 0 amide bonds. The van der Waals surface area contributed by atoms with Gasteiger partial charge in [-0.2, -0.15) is 0 Å². The number of Topliss-reactive ketones (excluding diaryl/α,β-unsaturated/α-hetero) is 1. The Bertz CT molecular complexity index is 1140. The molecule has 1 N–H and O–H groups in total. The minimum absolute atomic E-state index is 0.0473. The van der Waals surface area contributed by atoms with Crippen LogP contribution in [0.1, 0.15) is 43.7 Å². The van der Waals surface area contributed by atoms with Crippen molar-refractivity contribution in [3.05, 3.63) is 84.1 Å². The zero-order valence-electron chi connectivity index (χ0n) is 16.8. The van der Waals surface area contributed by atoms with Crippen molar-refractivity contribution >= 4 is 16.7 Å². The van der Waals surface area contributed by atoms with E-state index in [0.717, 1.165) is 27.6 Å². The highest BCUT2D eigenvalue weighted by Crippen LogP contribution is 2.35. The van der Waals surface area contributed by atoms with Crippen molar-refractivity contribution < 1.29 is 4.79 Å². The molecule has 1 heterocycles. The summed E-state index contributed by atoms with van der Waals surface area (Å²) >= 11 is 0. The summed E-state index contributed by atoms with van der Waals surface area (Å²) in [6.45, 7) is 8.29. The first kappa shape index (κ1) is 18.2. The number of hydrogen-bond acceptors (Lipinski definition) is 1. The Hall–Kier alpha value is -3.13. The maximum Gasteiger partial charge on any atom is 0.176 e. The Labute approximate surface area is 166 Å². The van der Waals surface area contributed by atoms with Crippen molar-refractivity contribution in [3.8, 4) is 22.3 Å². The Morgan fingerprint density at radius 2 is 1.43 bits per heavy atom. The van der Waals surface area contributed by atoms with Gasteiger partial charge in [-0.25, -0.2) is 0 Å². The molecule has 140 valence electrons. The van der Waals surface area contributed by atoms with Gasteiger partial charge in [-0.15, -0.1) is 0 Å². The number of ketones is 1. The summed E-state index contributed by atoms with van der Waals surface area (Å²) in [6.07, 6.45) is 0. The van der Waals surface area contributed by atoms with Crippen molar-refractivity contribution in [1.82, 2.24) is 4.98 Å². The van der Waals surface area contributed by atoms with Gasteiger partial charge in [0.15, 0.2) is 5.78 Å². The molecule has 0 aliphatic carbocycles. The number of aromatic nitrogens is 1. The molecule has 0 bridgehead atoms. The first-order valence-electron chi connectivity index (χ1n) is 9.67. The smallest absolute Gasteiger partial charge is 0.176 e. The van der Waals surface area contributed by atoms with Gasteiger partial charge in [-0.05, 0) is 39.8 Å². The molecule has 0 atom stereocenters. The van der Waals surface area contributed by atoms with E-state index < -0.39 is 0 Å². The second-order valence-electron chi connectivity index (χ2n) is 8.38. The average Bonchev–Trinajstić information content (AvgIpc) is 3.07. The van der Waals surface area contributed by atoms with Gasteiger partial charge in [0.05, 0.1) is 5.69 Å². The molecule has 0 aliphatic rings. The fraction of sp³-hybridized carbons (Fsp3) is 0.192. The SMILES string of the molecule is CC(=O)c1[nH]c2ccc(-c3ccc(C(C)(C)C)cc3)cc2c1-c1ccccc1. The van der Waals surface area contributed by atoms with E-state index in [9.17, 15) is 4.79 Å². The van der Waals surface area contributed by atoms with Gasteiger partial charge >= 0.3 is 0 Å². The predicted molar refractivity (Wildman–Crippen MR) is 118 cm³/mol. The average molecular weight is 367 g/mol. The quantitative estimate of drug-likeness (QED) is 0.388. The van der Waals surface area contributed by atoms with Gasteiger partial charge in [0, 0.05) is 23.4 Å². The molecule has 0 saturated heterocycles. The van der Waals surface area contributed by atoms with Crippen LogP contribution in [-0.2, 0) is 5.41 Å². The third-order valence-corrected chi connectivity index (χ3v) is 5.30. The zero-order valence-corrected chi connectivity index (χ0v) is 16.8. The summed E-state index contributed by atoms with van der Waals surface area (Å²) < 4.78 is 0. The Morgan fingerprint density at radius 1 is 0.786 bits per heavy atom. The third-order valence-electron chi connectivity index (χ3n) is 5.30. The predicted octanol–water partition coefficient (Wildman–Crippen LogP) is 7.00. The van der Waals surface area contributed by atoms with Crippen LogP contribution >= 0.6 is 0 Å². The molecular weight excluding hydrogens is 342 g/mol. The minimum Gasteiger partial charge on any atom is -0.352 e. The zero-order chi connectivity index (χ0) is 19.9. The third kappa shape index (κ3) is 3.27. The molecule has 0 unspecified atom stereocenters. The maximum atomic E-state index is 12.3. The van der Waals surface area contributed by atoms with Crippen molar-refractivity contribution in [1.29, 1.82) is 0 Å². The summed E-state index contributed by atoms with van der Waals surface area (Å²) in [5.41, 5.74) is 7.48. The van der Waals surface area contributed by atoms with Crippen molar-refractivity contribution in [2.45, 2.75) is 33.1 Å². The number of fused-ring (bicyclic) bond motifs is 1. The maximum absolute atomic E-state index is 12.3. The van der Waals surface area contributed by atoms with E-state index in [0.29, 0.717) is 5.69 Å². The topological polar surface area (TPSA) is 32.9 Å². The normalized spacial score (nSPS) is 11.7. The largest absolute Gasteiger partial charge is 0.352 e. The highest BCUT2D eigenvalue weighted by molar-refractivity contribution is 6.10. The van der Waals surface area contributed by atoms with Crippen LogP contribution in [0.2, 0.25) is 0 Å². The summed E-state index contributed by atoms with van der Waals surface area (Å²) in [5, 5.41) is 1.08. The molecule has 4 rings (SSSR count). The first-order valence-corrected chi connectivity index (χ1v) is 9.67. The number of aromatic amines is 1. The van der Waals surface area contributed by atoms with E-state index in [-0.39, 0.29) is 11.2 Å². The molecule has 28 heavy (non-hydrogen) atoms. The van der Waals surface area contributed by atoms with E-state index in [2.05, 4.69) is 80.4 Å². The summed E-state index contributed by atoms with van der Waals surface area (Å²) in [4.78, 5) is 15.6. The summed E-state index contributed by atoms with van der Waals surface area (Å²) in [7, 11) is 0. The van der Waals surface area contributed by atoms with Crippen LogP contribution in [0, 0.1) is 0 Å². The summed E-state index contributed by atoms with van der Waals surface area (Å²) in [6, 6.07) is 25.3. The van der Waals surface area contributed by atoms with Gasteiger partial charge < -0.3 is 4.98 Å². The van der Waals surface area contributed by atoms with Crippen LogP contribution < -0.4 is 0 Å². The van der Waals surface area contributed by atoms with E-state index in [1.807, 2.05) is 18.2 Å². The highest BCUT2D eigenvalue weighted by atomic mass is 16.1. The standard InChI is InChI=1S/C26H25NO/c1-17(28)25-24(19-8-6-5-7-9-19)22-16-20(12-15-23(22)27-25)18-10-13-21(14-11-18)26(2,3)4/h5-16,27H,1-4H3. The van der Waals surface area contributed by atoms with Gasteiger partial charge in [0.1, 0.15) is 0 Å². The van der Waals surface area contributed by atoms with Crippen LogP contribution in [0.15, 0.2) is 72.8 Å². The Kier molecular flexibility index (Phi) is 4.43. The van der Waals surface area contributed by atoms with Crippen molar-refractivity contribution in [3.63, 3.8) is 0 Å². The molecule has 0 radical (unpaired) electrons. The van der Waals surface area contributed by atoms with Crippen LogP contribution in [0.25, 0.3) is 33.2 Å². The highest BCUT2D eigenvalue weighted by Gasteiger charge is 2.17. The number of benzene rings is 3. The van der Waals surface area contributed by atoms with Gasteiger partial charge in [-0.3, -0.25) is 4.79 Å². The van der Waals surface area contributed by atoms with Crippen LogP contribution in [0.3, 0.4) is 0 Å². The lowest BCUT2D eigenvalue weighted by atomic mass is 9.86. The van der Waals surface area contributed by atoms with Gasteiger partial charge in [0.25, 0.3) is 0 Å². The molecule has 2 heteroatoms. The van der Waals surface area contributed by atoms with Gasteiger partial charge in [-0.1, -0.05) is 81.4 Å². The van der Waals surface area contributed by atoms with Crippen LogP contribution in [0.4, 0.5) is 0 Å². The Morgan fingerprint density at radius 3 is 2.04 bits per heavy atom. The number of carbonyl (C=O) groups is 1. The number of rotatable bonds is 3. The molecule has 3 aromatic carbocycles. The number of H-pyrrole nitrogens is 1.